The van der Waals surface area contributed by atoms with Crippen molar-refractivity contribution in [3.05, 3.63) is 107 Å². The molecule has 0 radical (unpaired) electrons. The van der Waals surface area contributed by atoms with Crippen molar-refractivity contribution in [1.82, 2.24) is 9.80 Å². The predicted molar refractivity (Wildman–Crippen MR) is 134 cm³/mol. The first-order valence-electron chi connectivity index (χ1n) is 11.9. The summed E-state index contributed by atoms with van der Waals surface area (Å²) in [6, 6.07) is 28.6. The van der Waals surface area contributed by atoms with E-state index in [4.69, 9.17) is 4.74 Å². The summed E-state index contributed by atoms with van der Waals surface area (Å²) < 4.78 is 5.47. The minimum Gasteiger partial charge on any atom is -0.453 e. The zero-order chi connectivity index (χ0) is 23.9. The van der Waals surface area contributed by atoms with Crippen molar-refractivity contribution in [2.45, 2.75) is 26.0 Å². The van der Waals surface area contributed by atoms with Crippen molar-refractivity contribution < 1.29 is 14.3 Å². The van der Waals surface area contributed by atoms with E-state index in [1.165, 1.54) is 11.1 Å². The Morgan fingerprint density at radius 1 is 0.794 bits per heavy atom. The molecule has 1 aliphatic heterocycles. The van der Waals surface area contributed by atoms with Gasteiger partial charge in [-0.05, 0) is 25.0 Å². The van der Waals surface area contributed by atoms with E-state index in [2.05, 4.69) is 58.3 Å². The first kappa shape index (κ1) is 23.9. The highest BCUT2D eigenvalue weighted by atomic mass is 16.5. The van der Waals surface area contributed by atoms with Gasteiger partial charge in [0.15, 0.2) is 6.10 Å². The Morgan fingerprint density at radius 2 is 1.32 bits per heavy atom. The van der Waals surface area contributed by atoms with E-state index in [0.29, 0.717) is 5.56 Å². The molecule has 3 aromatic rings. The second-order valence-corrected chi connectivity index (χ2v) is 8.90. The number of piperazine rings is 1. The van der Waals surface area contributed by atoms with E-state index in [0.717, 1.165) is 31.7 Å². The molecule has 0 N–H and O–H groups in total. The lowest BCUT2D eigenvalue weighted by atomic mass is 9.96. The number of esters is 1. The summed E-state index contributed by atoms with van der Waals surface area (Å²) in [4.78, 5) is 29.7. The summed E-state index contributed by atoms with van der Waals surface area (Å²) in [5.41, 5.74) is 4.18. The van der Waals surface area contributed by atoms with Crippen LogP contribution in [0, 0.1) is 6.92 Å². The summed E-state index contributed by atoms with van der Waals surface area (Å²) in [5, 5.41) is 0. The average Bonchev–Trinajstić information content (AvgIpc) is 2.86. The molecule has 1 heterocycles. The van der Waals surface area contributed by atoms with Gasteiger partial charge in [-0.3, -0.25) is 19.4 Å². The normalized spacial score (nSPS) is 15.7. The van der Waals surface area contributed by atoms with Crippen LogP contribution in [0.15, 0.2) is 84.9 Å². The number of carbonyl (C=O) groups is 2. The van der Waals surface area contributed by atoms with Gasteiger partial charge >= 0.3 is 5.97 Å². The van der Waals surface area contributed by atoms with Gasteiger partial charge in [-0.15, -0.1) is 0 Å². The fourth-order valence-corrected chi connectivity index (χ4v) is 4.49. The van der Waals surface area contributed by atoms with Crippen LogP contribution in [0.1, 0.15) is 40.0 Å². The molecule has 0 bridgehead atoms. The first-order chi connectivity index (χ1) is 16.5. The molecule has 5 nitrogen and oxygen atoms in total. The molecule has 34 heavy (non-hydrogen) atoms. The van der Waals surface area contributed by atoms with Gasteiger partial charge in [-0.1, -0.05) is 90.5 Å². The van der Waals surface area contributed by atoms with E-state index in [9.17, 15) is 9.59 Å². The molecule has 1 fully saturated rings. The van der Waals surface area contributed by atoms with Crippen LogP contribution >= 0.6 is 0 Å². The highest BCUT2D eigenvalue weighted by Gasteiger charge is 2.28. The van der Waals surface area contributed by atoms with Crippen LogP contribution in [-0.4, -0.2) is 60.4 Å². The van der Waals surface area contributed by atoms with Crippen molar-refractivity contribution in [2.75, 3.05) is 32.7 Å². The van der Waals surface area contributed by atoms with Crippen LogP contribution in [0.2, 0.25) is 0 Å². The molecule has 1 aliphatic rings. The van der Waals surface area contributed by atoms with Crippen molar-refractivity contribution in [3.8, 4) is 0 Å². The molecule has 0 aliphatic carbocycles. The smallest absolute Gasteiger partial charge is 0.320 e. The molecule has 0 aromatic heterocycles. The van der Waals surface area contributed by atoms with Crippen molar-refractivity contribution in [1.29, 1.82) is 0 Å². The summed E-state index contributed by atoms with van der Waals surface area (Å²) >= 11 is 0. The number of nitrogens with zero attached hydrogens (tertiary/aromatic N) is 2. The Bertz CT molecular complexity index is 1040. The number of ether oxygens (including phenoxy) is 1. The Balaban J connectivity index is 1.32. The predicted octanol–water partition coefficient (Wildman–Crippen LogP) is 4.52. The van der Waals surface area contributed by atoms with Crippen molar-refractivity contribution in [3.63, 3.8) is 0 Å². The van der Waals surface area contributed by atoms with Crippen LogP contribution in [0.25, 0.3) is 0 Å². The quantitative estimate of drug-likeness (QED) is 0.369. The molecular formula is C29H32N2O3. The summed E-state index contributed by atoms with van der Waals surface area (Å²) in [5.74, 6) is -0.532. The number of hydrogen-bond donors (Lipinski definition) is 0. The molecule has 5 heteroatoms. The van der Waals surface area contributed by atoms with E-state index in [-0.39, 0.29) is 24.3 Å². The maximum atomic E-state index is 12.6. The molecule has 1 saturated heterocycles. The highest BCUT2D eigenvalue weighted by Crippen LogP contribution is 2.29. The second kappa shape index (κ2) is 11.2. The Labute approximate surface area is 202 Å². The maximum absolute atomic E-state index is 12.6. The summed E-state index contributed by atoms with van der Waals surface area (Å²) in [7, 11) is 0. The molecule has 1 atom stereocenters. The fourth-order valence-electron chi connectivity index (χ4n) is 4.49. The lowest BCUT2D eigenvalue weighted by molar-refractivity contribution is -0.148. The molecule has 4 rings (SSSR count). The lowest BCUT2D eigenvalue weighted by Gasteiger charge is -2.39. The molecular weight excluding hydrogens is 424 g/mol. The van der Waals surface area contributed by atoms with Gasteiger partial charge in [-0.2, -0.15) is 0 Å². The van der Waals surface area contributed by atoms with Crippen LogP contribution in [-0.2, 0) is 9.53 Å². The third-order valence-electron chi connectivity index (χ3n) is 6.37. The van der Waals surface area contributed by atoms with Crippen LogP contribution in [0.3, 0.4) is 0 Å². The highest BCUT2D eigenvalue weighted by molar-refractivity contribution is 6.00. The third-order valence-corrected chi connectivity index (χ3v) is 6.37. The van der Waals surface area contributed by atoms with Crippen LogP contribution in [0.4, 0.5) is 0 Å². The fraction of sp³-hybridized carbons (Fsp3) is 0.310. The van der Waals surface area contributed by atoms with Gasteiger partial charge < -0.3 is 4.74 Å². The van der Waals surface area contributed by atoms with E-state index >= 15 is 0 Å². The maximum Gasteiger partial charge on any atom is 0.320 e. The van der Waals surface area contributed by atoms with E-state index < -0.39 is 6.10 Å². The molecule has 3 aromatic carbocycles. The van der Waals surface area contributed by atoms with Gasteiger partial charge in [0.05, 0.1) is 12.6 Å². The Hall–Kier alpha value is -3.28. The first-order valence-corrected chi connectivity index (χ1v) is 11.9. The number of carbonyl (C=O) groups excluding carboxylic acids is 2. The van der Waals surface area contributed by atoms with Gasteiger partial charge in [-0.25, -0.2) is 0 Å². The van der Waals surface area contributed by atoms with Crippen molar-refractivity contribution in [2.24, 2.45) is 0 Å². The zero-order valence-electron chi connectivity index (χ0n) is 19.9. The molecule has 176 valence electrons. The number of ketones is 1. The number of Topliss-reactive ketones (excluding diaryl/α,β-unsaturated/α-hetero) is 1. The van der Waals surface area contributed by atoms with Crippen LogP contribution < -0.4 is 0 Å². The second-order valence-electron chi connectivity index (χ2n) is 8.90. The molecule has 0 amide bonds. The topological polar surface area (TPSA) is 49.9 Å². The van der Waals surface area contributed by atoms with E-state index in [1.54, 1.807) is 19.1 Å². The zero-order valence-corrected chi connectivity index (χ0v) is 19.9. The Kier molecular flexibility index (Phi) is 7.88. The minimum absolute atomic E-state index is 0.174. The van der Waals surface area contributed by atoms with Crippen molar-refractivity contribution >= 4 is 11.8 Å². The number of hydrogen-bond acceptors (Lipinski definition) is 5. The Morgan fingerprint density at radius 3 is 1.85 bits per heavy atom. The summed E-state index contributed by atoms with van der Waals surface area (Å²) in [6.45, 7) is 7.04. The SMILES string of the molecule is Cc1ccc(C(=O)C(C)OC(=O)CN2CCN(C(c3ccccc3)c3ccccc3)CC2)cc1. The summed E-state index contributed by atoms with van der Waals surface area (Å²) in [6.07, 6.45) is -0.794. The largest absolute Gasteiger partial charge is 0.453 e. The van der Waals surface area contributed by atoms with Gasteiger partial charge in [0.1, 0.15) is 0 Å². The number of aryl methyl sites for hydroxylation is 1. The monoisotopic (exact) mass is 456 g/mol. The van der Waals surface area contributed by atoms with Gasteiger partial charge in [0, 0.05) is 31.7 Å². The minimum atomic E-state index is -0.794. The number of benzene rings is 3. The lowest BCUT2D eigenvalue weighted by Crippen LogP contribution is -2.49. The average molecular weight is 457 g/mol. The van der Waals surface area contributed by atoms with Crippen LogP contribution in [0.5, 0.6) is 0 Å². The van der Waals surface area contributed by atoms with Gasteiger partial charge in [0.25, 0.3) is 0 Å². The molecule has 1 unspecified atom stereocenters. The standard InChI is InChI=1S/C29H32N2O3/c1-22-13-15-26(16-14-22)29(33)23(2)34-27(32)21-30-17-19-31(20-18-30)28(24-9-5-3-6-10-24)25-11-7-4-8-12-25/h3-16,23,28H,17-21H2,1-2H3. The number of rotatable bonds is 8. The third kappa shape index (κ3) is 5.99. The van der Waals surface area contributed by atoms with E-state index in [1.807, 2.05) is 31.2 Å². The van der Waals surface area contributed by atoms with Gasteiger partial charge in [0.2, 0.25) is 5.78 Å². The molecule has 0 spiro atoms. The molecule has 0 saturated carbocycles.